The minimum atomic E-state index is -0.427. The van der Waals surface area contributed by atoms with Crippen LogP contribution in [0.25, 0.3) is 0 Å². The lowest BCUT2D eigenvalue weighted by atomic mass is 9.92. The van der Waals surface area contributed by atoms with Gasteiger partial charge in [0, 0.05) is 4.47 Å². The van der Waals surface area contributed by atoms with E-state index in [2.05, 4.69) is 21.2 Å². The van der Waals surface area contributed by atoms with Gasteiger partial charge in [0.25, 0.3) is 5.91 Å². The molecule has 1 amide bonds. The van der Waals surface area contributed by atoms with Crippen molar-refractivity contribution in [1.82, 2.24) is 5.32 Å². The van der Waals surface area contributed by atoms with E-state index in [1.165, 1.54) is 0 Å². The Balaban J connectivity index is 1.78. The standard InChI is InChI=1S/C14H18BrNO3/c15-10-4-3-5-11(8-10)19-9-14(18)16-12-6-1-2-7-13(12)17/h3-5,8,12-13,17H,1-2,6-7,9H2,(H,16,18)/t12-,13-/m1/s1. The number of nitrogens with one attached hydrogen (secondary N) is 1. The molecule has 5 heteroatoms. The van der Waals surface area contributed by atoms with E-state index < -0.39 is 6.10 Å². The topological polar surface area (TPSA) is 58.6 Å². The zero-order valence-corrected chi connectivity index (χ0v) is 12.2. The van der Waals surface area contributed by atoms with Gasteiger partial charge in [-0.1, -0.05) is 34.8 Å². The molecule has 1 aliphatic carbocycles. The van der Waals surface area contributed by atoms with Crippen LogP contribution < -0.4 is 10.1 Å². The maximum absolute atomic E-state index is 11.8. The fourth-order valence-electron chi connectivity index (χ4n) is 2.23. The highest BCUT2D eigenvalue weighted by molar-refractivity contribution is 9.10. The molecule has 1 fully saturated rings. The van der Waals surface area contributed by atoms with Crippen molar-refractivity contribution in [2.75, 3.05) is 6.61 Å². The molecule has 0 unspecified atom stereocenters. The molecule has 0 saturated heterocycles. The summed E-state index contributed by atoms with van der Waals surface area (Å²) in [5.74, 6) is 0.458. The van der Waals surface area contributed by atoms with Crippen molar-refractivity contribution >= 4 is 21.8 Å². The van der Waals surface area contributed by atoms with Crippen LogP contribution in [0.3, 0.4) is 0 Å². The number of aliphatic hydroxyl groups is 1. The lowest BCUT2D eigenvalue weighted by Gasteiger charge is -2.28. The Kier molecular flexibility index (Phi) is 5.22. The van der Waals surface area contributed by atoms with E-state index in [-0.39, 0.29) is 18.6 Å². The van der Waals surface area contributed by atoms with Gasteiger partial charge in [-0.3, -0.25) is 4.79 Å². The third-order valence-electron chi connectivity index (χ3n) is 3.24. The Morgan fingerprint density at radius 2 is 2.21 bits per heavy atom. The second-order valence-corrected chi connectivity index (χ2v) is 5.69. The normalized spacial score (nSPS) is 22.8. The third kappa shape index (κ3) is 4.51. The second-order valence-electron chi connectivity index (χ2n) is 4.77. The molecular weight excluding hydrogens is 310 g/mol. The highest BCUT2D eigenvalue weighted by atomic mass is 79.9. The number of aliphatic hydroxyl groups excluding tert-OH is 1. The lowest BCUT2D eigenvalue weighted by Crippen LogP contribution is -2.46. The summed E-state index contributed by atoms with van der Waals surface area (Å²) in [6, 6.07) is 7.22. The molecule has 2 N–H and O–H groups in total. The van der Waals surface area contributed by atoms with Gasteiger partial charge in [-0.2, -0.15) is 0 Å². The molecule has 0 aliphatic heterocycles. The molecule has 0 heterocycles. The zero-order valence-electron chi connectivity index (χ0n) is 10.6. The predicted molar refractivity (Wildman–Crippen MR) is 76.0 cm³/mol. The van der Waals surface area contributed by atoms with Gasteiger partial charge in [-0.15, -0.1) is 0 Å². The van der Waals surface area contributed by atoms with Crippen LogP contribution in [0.15, 0.2) is 28.7 Å². The van der Waals surface area contributed by atoms with E-state index in [0.29, 0.717) is 5.75 Å². The van der Waals surface area contributed by atoms with Crippen molar-refractivity contribution in [2.24, 2.45) is 0 Å². The van der Waals surface area contributed by atoms with Crippen LogP contribution in [0.1, 0.15) is 25.7 Å². The molecule has 19 heavy (non-hydrogen) atoms. The summed E-state index contributed by atoms with van der Waals surface area (Å²) in [4.78, 5) is 11.8. The van der Waals surface area contributed by atoms with Gasteiger partial charge in [0.05, 0.1) is 12.1 Å². The third-order valence-corrected chi connectivity index (χ3v) is 3.74. The van der Waals surface area contributed by atoms with Crippen LogP contribution in [-0.2, 0) is 4.79 Å². The SMILES string of the molecule is O=C(COc1cccc(Br)c1)N[C@@H]1CCCC[C@H]1O. The fourth-order valence-corrected chi connectivity index (χ4v) is 2.61. The van der Waals surface area contributed by atoms with E-state index in [4.69, 9.17) is 4.74 Å². The first-order valence-electron chi connectivity index (χ1n) is 6.51. The molecule has 0 radical (unpaired) electrons. The van der Waals surface area contributed by atoms with E-state index in [1.807, 2.05) is 18.2 Å². The second kappa shape index (κ2) is 6.91. The number of ether oxygens (including phenoxy) is 1. The number of amides is 1. The van der Waals surface area contributed by atoms with Crippen molar-refractivity contribution in [1.29, 1.82) is 0 Å². The largest absolute Gasteiger partial charge is 0.484 e. The van der Waals surface area contributed by atoms with E-state index in [0.717, 1.165) is 30.2 Å². The molecule has 1 saturated carbocycles. The summed E-state index contributed by atoms with van der Waals surface area (Å²) in [7, 11) is 0. The summed E-state index contributed by atoms with van der Waals surface area (Å²) >= 11 is 3.34. The summed E-state index contributed by atoms with van der Waals surface area (Å²) in [6.45, 7) is -0.0281. The van der Waals surface area contributed by atoms with Crippen LogP contribution in [0.5, 0.6) is 5.75 Å². The van der Waals surface area contributed by atoms with E-state index >= 15 is 0 Å². The summed E-state index contributed by atoms with van der Waals surface area (Å²) in [5.41, 5.74) is 0. The average Bonchev–Trinajstić information content (AvgIpc) is 2.39. The molecule has 0 bridgehead atoms. The summed E-state index contributed by atoms with van der Waals surface area (Å²) in [6.07, 6.45) is 3.25. The lowest BCUT2D eigenvalue weighted by molar-refractivity contribution is -0.125. The molecule has 2 rings (SSSR count). The highest BCUT2D eigenvalue weighted by Crippen LogP contribution is 2.19. The number of hydrogen-bond acceptors (Lipinski definition) is 3. The van der Waals surface area contributed by atoms with Gasteiger partial charge < -0.3 is 15.2 Å². The van der Waals surface area contributed by atoms with Crippen molar-refractivity contribution in [3.63, 3.8) is 0 Å². The Bertz CT molecular complexity index is 438. The molecule has 104 valence electrons. The molecule has 4 nitrogen and oxygen atoms in total. The quantitative estimate of drug-likeness (QED) is 0.891. The van der Waals surface area contributed by atoms with Gasteiger partial charge in [0.2, 0.25) is 0 Å². The van der Waals surface area contributed by atoms with Crippen LogP contribution in [0.2, 0.25) is 0 Å². The van der Waals surface area contributed by atoms with Gasteiger partial charge in [0.1, 0.15) is 5.75 Å². The summed E-state index contributed by atoms with van der Waals surface area (Å²) in [5, 5.41) is 12.6. The molecule has 0 aromatic heterocycles. The van der Waals surface area contributed by atoms with E-state index in [1.54, 1.807) is 6.07 Å². The molecular formula is C14H18BrNO3. The van der Waals surface area contributed by atoms with Gasteiger partial charge >= 0.3 is 0 Å². The Morgan fingerprint density at radius 1 is 1.42 bits per heavy atom. The first-order valence-corrected chi connectivity index (χ1v) is 7.30. The minimum Gasteiger partial charge on any atom is -0.484 e. The molecule has 0 spiro atoms. The van der Waals surface area contributed by atoms with Crippen LogP contribution in [-0.4, -0.2) is 29.8 Å². The van der Waals surface area contributed by atoms with Crippen molar-refractivity contribution in [3.05, 3.63) is 28.7 Å². The fraction of sp³-hybridized carbons (Fsp3) is 0.500. The maximum atomic E-state index is 11.8. The number of benzene rings is 1. The van der Waals surface area contributed by atoms with E-state index in [9.17, 15) is 9.90 Å². The number of hydrogen-bond donors (Lipinski definition) is 2. The number of halogens is 1. The molecule has 1 aromatic carbocycles. The average molecular weight is 328 g/mol. The molecule has 1 aliphatic rings. The van der Waals surface area contributed by atoms with Crippen LogP contribution >= 0.6 is 15.9 Å². The number of carbonyl (C=O) groups excluding carboxylic acids is 1. The van der Waals surface area contributed by atoms with Crippen LogP contribution in [0.4, 0.5) is 0 Å². The number of rotatable bonds is 4. The van der Waals surface area contributed by atoms with Crippen molar-refractivity contribution in [3.8, 4) is 5.75 Å². The van der Waals surface area contributed by atoms with Crippen molar-refractivity contribution in [2.45, 2.75) is 37.8 Å². The first kappa shape index (κ1) is 14.3. The predicted octanol–water partition coefficient (Wildman–Crippen LogP) is 2.25. The van der Waals surface area contributed by atoms with Gasteiger partial charge in [-0.25, -0.2) is 0 Å². The maximum Gasteiger partial charge on any atom is 0.258 e. The molecule has 1 aromatic rings. The smallest absolute Gasteiger partial charge is 0.258 e. The molecule has 2 atom stereocenters. The van der Waals surface area contributed by atoms with Crippen LogP contribution in [0, 0.1) is 0 Å². The number of carbonyl (C=O) groups is 1. The van der Waals surface area contributed by atoms with Gasteiger partial charge in [-0.05, 0) is 31.0 Å². The zero-order chi connectivity index (χ0) is 13.7. The minimum absolute atomic E-state index is 0.0281. The summed E-state index contributed by atoms with van der Waals surface area (Å²) < 4.78 is 6.31. The van der Waals surface area contributed by atoms with Gasteiger partial charge in [0.15, 0.2) is 6.61 Å². The Morgan fingerprint density at radius 3 is 2.95 bits per heavy atom. The Hall–Kier alpha value is -1.07. The monoisotopic (exact) mass is 327 g/mol. The Labute approximate surface area is 121 Å². The highest BCUT2D eigenvalue weighted by Gasteiger charge is 2.24. The van der Waals surface area contributed by atoms with Crippen molar-refractivity contribution < 1.29 is 14.6 Å². The first-order chi connectivity index (χ1) is 9.15.